The minimum atomic E-state index is -1.46. The van der Waals surface area contributed by atoms with Gasteiger partial charge < -0.3 is 14.6 Å². The Bertz CT molecular complexity index is 1120. The van der Waals surface area contributed by atoms with Gasteiger partial charge in [0.1, 0.15) is 12.4 Å². The van der Waals surface area contributed by atoms with E-state index in [9.17, 15) is 9.18 Å². The summed E-state index contributed by atoms with van der Waals surface area (Å²) in [5.41, 5.74) is 14.4. The number of nitrogens with one attached hydrogen (secondary N) is 2. The van der Waals surface area contributed by atoms with Gasteiger partial charge in [0.25, 0.3) is 5.91 Å². The molecule has 2 aromatic rings. The van der Waals surface area contributed by atoms with Gasteiger partial charge in [0.15, 0.2) is 11.6 Å². The number of ether oxygens (including phenoxy) is 2. The maximum atomic E-state index is 13.5. The molecule has 2 aromatic carbocycles. The number of halogens is 1. The SMILES string of the molecule is C=CC[C@]1(C(=O)NNCCF)N=C(c2ccc(OCCCO)cc2)O[C@H]1c1ccccc1CN=[N+]=[N-]. The molecule has 0 saturated heterocycles. The predicted molar refractivity (Wildman–Crippen MR) is 133 cm³/mol. The number of carbonyl (C=O) groups is 1. The summed E-state index contributed by atoms with van der Waals surface area (Å²) < 4.78 is 24.5. The van der Waals surface area contributed by atoms with Crippen LogP contribution >= 0.6 is 0 Å². The van der Waals surface area contributed by atoms with Crippen LogP contribution in [-0.4, -0.2) is 48.9 Å². The fourth-order valence-electron chi connectivity index (χ4n) is 3.85. The van der Waals surface area contributed by atoms with Gasteiger partial charge in [-0.05, 0) is 40.9 Å². The lowest BCUT2D eigenvalue weighted by atomic mass is 9.83. The normalized spacial score (nSPS) is 18.5. The Balaban J connectivity index is 2.02. The fraction of sp³-hybridized carbons (Fsp3) is 0.360. The third kappa shape index (κ3) is 6.19. The van der Waals surface area contributed by atoms with Gasteiger partial charge in [-0.1, -0.05) is 35.5 Å². The number of aliphatic imine (C=N–C) groups is 1. The number of nitrogens with zero attached hydrogens (tertiary/aromatic N) is 4. The number of amides is 1. The van der Waals surface area contributed by atoms with Crippen molar-refractivity contribution >= 4 is 11.8 Å². The zero-order valence-corrected chi connectivity index (χ0v) is 19.8. The number of azide groups is 1. The molecule has 1 amide bonds. The second-order valence-corrected chi connectivity index (χ2v) is 7.94. The van der Waals surface area contributed by atoms with Crippen LogP contribution in [0.25, 0.3) is 10.4 Å². The molecule has 10 nitrogen and oxygen atoms in total. The molecule has 0 radical (unpaired) electrons. The van der Waals surface area contributed by atoms with Crippen molar-refractivity contribution in [3.05, 3.63) is 88.3 Å². The number of hydrazine groups is 1. The number of hydrogen-bond donors (Lipinski definition) is 3. The molecule has 1 aliphatic rings. The summed E-state index contributed by atoms with van der Waals surface area (Å²) in [6, 6.07) is 14.2. The standard InChI is InChI=1S/C25H29FN6O4/c1-2-12-25(24(34)31-28-14-13-26)22(21-7-4-3-6-19(21)17-29-32-27)36-23(30-25)18-8-10-20(11-9-18)35-16-5-15-33/h2-4,6-11,22,28,33H,1,5,12-17H2,(H,31,34)/t22-,25-/m0/s1. The van der Waals surface area contributed by atoms with E-state index in [1.807, 2.05) is 0 Å². The Hall–Kier alpha value is -3.92. The molecule has 0 spiro atoms. The molecule has 190 valence electrons. The Morgan fingerprint density at radius 1 is 1.33 bits per heavy atom. The van der Waals surface area contributed by atoms with Gasteiger partial charge in [0, 0.05) is 36.5 Å². The highest BCUT2D eigenvalue weighted by molar-refractivity contribution is 6.01. The Morgan fingerprint density at radius 2 is 2.11 bits per heavy atom. The van der Waals surface area contributed by atoms with Gasteiger partial charge in [-0.2, -0.15) is 0 Å². The molecule has 1 heterocycles. The minimum absolute atomic E-state index is 0.0406. The van der Waals surface area contributed by atoms with Gasteiger partial charge in [-0.25, -0.2) is 14.8 Å². The minimum Gasteiger partial charge on any atom is -0.494 e. The van der Waals surface area contributed by atoms with Crippen LogP contribution in [0.15, 0.2) is 71.3 Å². The second-order valence-electron chi connectivity index (χ2n) is 7.94. The van der Waals surface area contributed by atoms with Crippen molar-refractivity contribution in [2.75, 3.05) is 26.4 Å². The molecule has 1 aliphatic heterocycles. The zero-order chi connectivity index (χ0) is 25.8. The van der Waals surface area contributed by atoms with E-state index in [0.717, 1.165) is 0 Å². The number of aliphatic hydroxyl groups excluding tert-OH is 1. The summed E-state index contributed by atoms with van der Waals surface area (Å²) in [5, 5.41) is 12.6. The van der Waals surface area contributed by atoms with E-state index in [1.165, 1.54) is 0 Å². The summed E-state index contributed by atoms with van der Waals surface area (Å²) in [4.78, 5) is 21.1. The molecule has 3 rings (SSSR count). The molecule has 0 saturated carbocycles. The van der Waals surface area contributed by atoms with Crippen LogP contribution in [0.2, 0.25) is 0 Å². The number of rotatable bonds is 14. The number of benzene rings is 2. The monoisotopic (exact) mass is 496 g/mol. The summed E-state index contributed by atoms with van der Waals surface area (Å²) in [7, 11) is 0. The molecule has 3 N–H and O–H groups in total. The Kier molecular flexibility index (Phi) is 9.82. The molecule has 11 heteroatoms. The smallest absolute Gasteiger partial charge is 0.266 e. The molecule has 0 fully saturated rings. The lowest BCUT2D eigenvalue weighted by molar-refractivity contribution is -0.129. The topological polar surface area (TPSA) is 141 Å². The number of aliphatic hydroxyl groups is 1. The van der Waals surface area contributed by atoms with Crippen molar-refractivity contribution in [1.29, 1.82) is 0 Å². The van der Waals surface area contributed by atoms with Crippen molar-refractivity contribution in [1.82, 2.24) is 10.9 Å². The first-order valence-corrected chi connectivity index (χ1v) is 11.5. The molecular weight excluding hydrogens is 467 g/mol. The highest BCUT2D eigenvalue weighted by Crippen LogP contribution is 2.43. The summed E-state index contributed by atoms with van der Waals surface area (Å²) in [5.74, 6) is 0.342. The lowest BCUT2D eigenvalue weighted by Gasteiger charge is -2.30. The third-order valence-electron chi connectivity index (χ3n) is 5.55. The van der Waals surface area contributed by atoms with Crippen LogP contribution in [-0.2, 0) is 16.1 Å². The van der Waals surface area contributed by atoms with E-state index in [4.69, 9.17) is 25.1 Å². The first kappa shape index (κ1) is 26.7. The molecule has 2 atom stereocenters. The Morgan fingerprint density at radius 3 is 2.81 bits per heavy atom. The first-order valence-electron chi connectivity index (χ1n) is 11.5. The lowest BCUT2D eigenvalue weighted by Crippen LogP contribution is -2.53. The van der Waals surface area contributed by atoms with Crippen molar-refractivity contribution in [2.45, 2.75) is 31.0 Å². The maximum Gasteiger partial charge on any atom is 0.266 e. The van der Waals surface area contributed by atoms with Crippen molar-refractivity contribution in [3.63, 3.8) is 0 Å². The van der Waals surface area contributed by atoms with E-state index in [1.54, 1.807) is 54.6 Å². The quantitative estimate of drug-likeness (QED) is 0.0914. The summed E-state index contributed by atoms with van der Waals surface area (Å²) >= 11 is 0. The molecule has 0 bridgehead atoms. The van der Waals surface area contributed by atoms with Crippen molar-refractivity contribution < 1.29 is 23.8 Å². The van der Waals surface area contributed by atoms with E-state index in [2.05, 4.69) is 27.5 Å². The number of hydrogen-bond acceptors (Lipinski definition) is 7. The molecule has 0 aromatic heterocycles. The first-order chi connectivity index (χ1) is 17.6. The van der Waals surface area contributed by atoms with Gasteiger partial charge in [0.2, 0.25) is 5.90 Å². The fourth-order valence-corrected chi connectivity index (χ4v) is 3.85. The second kappa shape index (κ2) is 13.2. The highest BCUT2D eigenvalue weighted by Gasteiger charge is 2.53. The van der Waals surface area contributed by atoms with Crippen LogP contribution in [0.3, 0.4) is 0 Å². The molecule has 0 aliphatic carbocycles. The van der Waals surface area contributed by atoms with Crippen molar-refractivity contribution in [3.8, 4) is 5.75 Å². The van der Waals surface area contributed by atoms with E-state index in [-0.39, 0.29) is 32.0 Å². The van der Waals surface area contributed by atoms with E-state index >= 15 is 0 Å². The summed E-state index contributed by atoms with van der Waals surface area (Å²) in [6.07, 6.45) is 1.35. The van der Waals surface area contributed by atoms with Crippen LogP contribution in [0.5, 0.6) is 5.75 Å². The van der Waals surface area contributed by atoms with Gasteiger partial charge in [0.05, 0.1) is 13.2 Å². The van der Waals surface area contributed by atoms with Gasteiger partial charge in [-0.15, -0.1) is 6.58 Å². The average molecular weight is 497 g/mol. The molecule has 0 unspecified atom stereocenters. The van der Waals surface area contributed by atoms with Gasteiger partial charge in [-0.3, -0.25) is 10.2 Å². The van der Waals surface area contributed by atoms with Crippen LogP contribution < -0.4 is 15.6 Å². The largest absolute Gasteiger partial charge is 0.494 e. The third-order valence-corrected chi connectivity index (χ3v) is 5.55. The van der Waals surface area contributed by atoms with Crippen molar-refractivity contribution in [2.24, 2.45) is 10.1 Å². The number of carbonyl (C=O) groups excluding carboxylic acids is 1. The van der Waals surface area contributed by atoms with Crippen LogP contribution in [0.1, 0.15) is 35.6 Å². The van der Waals surface area contributed by atoms with Crippen LogP contribution in [0.4, 0.5) is 4.39 Å². The summed E-state index contributed by atoms with van der Waals surface area (Å²) in [6.45, 7) is 3.56. The average Bonchev–Trinajstić information content (AvgIpc) is 3.29. The number of alkyl halides is 1. The van der Waals surface area contributed by atoms with E-state index < -0.39 is 24.2 Å². The highest BCUT2D eigenvalue weighted by atomic mass is 19.1. The maximum absolute atomic E-state index is 13.5. The molecular formula is C25H29FN6O4. The van der Waals surface area contributed by atoms with Gasteiger partial charge >= 0.3 is 0 Å². The Labute approximate surface area is 208 Å². The van der Waals surface area contributed by atoms with E-state index in [0.29, 0.717) is 35.5 Å². The van der Waals surface area contributed by atoms with Crippen LogP contribution in [0, 0.1) is 0 Å². The predicted octanol–water partition coefficient (Wildman–Crippen LogP) is 3.68. The zero-order valence-electron chi connectivity index (χ0n) is 19.8. The molecule has 36 heavy (non-hydrogen) atoms.